The van der Waals surface area contributed by atoms with Crippen LogP contribution in [0.1, 0.15) is 6.42 Å². The molecule has 0 amide bonds. The van der Waals surface area contributed by atoms with Crippen molar-refractivity contribution >= 4 is 34.6 Å². The molecule has 104 valence electrons. The highest BCUT2D eigenvalue weighted by atomic mass is 35.5. The van der Waals surface area contributed by atoms with Crippen LogP contribution < -0.4 is 10.2 Å². The normalized spacial score (nSPS) is 18.9. The van der Waals surface area contributed by atoms with Gasteiger partial charge in [0.15, 0.2) is 0 Å². The molecule has 1 aromatic rings. The Balaban J connectivity index is 2.29. The van der Waals surface area contributed by atoms with Crippen molar-refractivity contribution in [2.24, 2.45) is 5.92 Å². The first-order chi connectivity index (χ1) is 9.02. The number of halogens is 2. The number of hydrogen-bond acceptors (Lipinski definition) is 4. The summed E-state index contributed by atoms with van der Waals surface area (Å²) in [6.45, 7) is 2.50. The summed E-state index contributed by atoms with van der Waals surface area (Å²) in [7, 11) is 1.91. The highest BCUT2D eigenvalue weighted by molar-refractivity contribution is 6.42. The minimum absolute atomic E-state index is 0.0134. The summed E-state index contributed by atoms with van der Waals surface area (Å²) >= 11 is 11.8. The molecule has 1 N–H and O–H groups in total. The van der Waals surface area contributed by atoms with E-state index in [1.54, 1.807) is 6.07 Å². The summed E-state index contributed by atoms with van der Waals surface area (Å²) < 4.78 is 0. The lowest BCUT2D eigenvalue weighted by Crippen LogP contribution is -2.24. The number of nitro benzene ring substituents is 1. The van der Waals surface area contributed by atoms with Crippen molar-refractivity contribution in [3.05, 3.63) is 32.3 Å². The molecule has 0 aromatic heterocycles. The van der Waals surface area contributed by atoms with E-state index in [1.807, 2.05) is 11.9 Å². The lowest BCUT2D eigenvalue weighted by atomic mass is 10.1. The highest BCUT2D eigenvalue weighted by Crippen LogP contribution is 2.38. The molecule has 1 heterocycles. The maximum atomic E-state index is 11.1. The van der Waals surface area contributed by atoms with Gasteiger partial charge >= 0.3 is 0 Å². The Kier molecular flexibility index (Phi) is 4.50. The van der Waals surface area contributed by atoms with Gasteiger partial charge in [-0.05, 0) is 32.0 Å². The van der Waals surface area contributed by atoms with Crippen LogP contribution in [0, 0.1) is 16.0 Å². The Labute approximate surface area is 121 Å². The van der Waals surface area contributed by atoms with E-state index in [9.17, 15) is 10.1 Å². The first kappa shape index (κ1) is 14.4. The van der Waals surface area contributed by atoms with E-state index < -0.39 is 4.92 Å². The second-order valence-electron chi connectivity index (χ2n) is 4.67. The van der Waals surface area contributed by atoms with Crippen LogP contribution in [0.3, 0.4) is 0 Å². The minimum Gasteiger partial charge on any atom is -0.366 e. The van der Waals surface area contributed by atoms with Crippen molar-refractivity contribution in [1.29, 1.82) is 0 Å². The summed E-state index contributed by atoms with van der Waals surface area (Å²) in [4.78, 5) is 12.7. The molecule has 0 bridgehead atoms. The zero-order valence-electron chi connectivity index (χ0n) is 10.5. The van der Waals surface area contributed by atoms with Crippen LogP contribution in [0.25, 0.3) is 0 Å². The molecule has 0 spiro atoms. The van der Waals surface area contributed by atoms with Gasteiger partial charge in [-0.25, -0.2) is 0 Å². The van der Waals surface area contributed by atoms with Crippen LogP contribution in [0.4, 0.5) is 11.4 Å². The highest BCUT2D eigenvalue weighted by Gasteiger charge is 2.28. The molecule has 7 heteroatoms. The molecule has 5 nitrogen and oxygen atoms in total. The van der Waals surface area contributed by atoms with Gasteiger partial charge in [-0.2, -0.15) is 0 Å². The van der Waals surface area contributed by atoms with Gasteiger partial charge in [0.05, 0.1) is 15.0 Å². The Morgan fingerprint density at radius 3 is 2.79 bits per heavy atom. The van der Waals surface area contributed by atoms with Gasteiger partial charge in [0.25, 0.3) is 5.69 Å². The average molecular weight is 304 g/mol. The molecule has 0 radical (unpaired) electrons. The lowest BCUT2D eigenvalue weighted by molar-refractivity contribution is -0.384. The fourth-order valence-electron chi connectivity index (χ4n) is 2.43. The largest absolute Gasteiger partial charge is 0.366 e. The average Bonchev–Trinajstić information content (AvgIpc) is 2.81. The summed E-state index contributed by atoms with van der Waals surface area (Å²) in [5, 5.41) is 14.8. The maximum Gasteiger partial charge on any atom is 0.294 e. The van der Waals surface area contributed by atoms with Crippen LogP contribution in [-0.4, -0.2) is 31.6 Å². The molecule has 0 saturated carbocycles. The van der Waals surface area contributed by atoms with Gasteiger partial charge in [0.1, 0.15) is 5.69 Å². The Morgan fingerprint density at radius 1 is 1.47 bits per heavy atom. The van der Waals surface area contributed by atoms with Gasteiger partial charge in [-0.15, -0.1) is 0 Å². The number of nitrogens with one attached hydrogen (secondary N) is 1. The van der Waals surface area contributed by atoms with Crippen molar-refractivity contribution in [3.8, 4) is 0 Å². The Hall–Kier alpha value is -1.04. The van der Waals surface area contributed by atoms with Crippen molar-refractivity contribution in [1.82, 2.24) is 5.32 Å². The number of nitrogens with zero attached hydrogens (tertiary/aromatic N) is 2. The molecule has 2 rings (SSSR count). The second-order valence-corrected chi connectivity index (χ2v) is 5.48. The zero-order chi connectivity index (χ0) is 14.0. The van der Waals surface area contributed by atoms with Crippen LogP contribution in [0.5, 0.6) is 0 Å². The molecular formula is C12H15Cl2N3O2. The molecule has 1 aromatic carbocycles. The molecule has 0 aliphatic carbocycles. The molecule has 19 heavy (non-hydrogen) atoms. The standard InChI is InChI=1S/C12H15Cl2N3O2/c1-15-6-8-2-3-16(7-8)11-4-9(13)10(14)5-12(11)17(18)19/h4-5,8,15H,2-3,6-7H2,1H3. The van der Waals surface area contributed by atoms with E-state index in [1.165, 1.54) is 6.07 Å². The second kappa shape index (κ2) is 5.94. The van der Waals surface area contributed by atoms with Crippen LogP contribution in [0.2, 0.25) is 10.0 Å². The van der Waals surface area contributed by atoms with E-state index in [0.717, 1.165) is 26.1 Å². The fraction of sp³-hybridized carbons (Fsp3) is 0.500. The van der Waals surface area contributed by atoms with Crippen molar-refractivity contribution in [2.45, 2.75) is 6.42 Å². The van der Waals surface area contributed by atoms with Crippen LogP contribution in [0.15, 0.2) is 12.1 Å². The predicted molar refractivity (Wildman–Crippen MR) is 77.4 cm³/mol. The Morgan fingerprint density at radius 2 is 2.16 bits per heavy atom. The molecule has 1 aliphatic rings. The summed E-state index contributed by atoms with van der Waals surface area (Å²) in [5.41, 5.74) is 0.567. The van der Waals surface area contributed by atoms with E-state index >= 15 is 0 Å². The van der Waals surface area contributed by atoms with Gasteiger partial charge in [-0.1, -0.05) is 23.2 Å². The topological polar surface area (TPSA) is 58.4 Å². The van der Waals surface area contributed by atoms with E-state index in [4.69, 9.17) is 23.2 Å². The number of rotatable bonds is 4. The van der Waals surface area contributed by atoms with Crippen molar-refractivity contribution < 1.29 is 4.92 Å². The van der Waals surface area contributed by atoms with Gasteiger partial charge in [0, 0.05) is 19.2 Å². The summed E-state index contributed by atoms with van der Waals surface area (Å²) in [6.07, 6.45) is 1.01. The zero-order valence-corrected chi connectivity index (χ0v) is 12.0. The lowest BCUT2D eigenvalue weighted by Gasteiger charge is -2.19. The SMILES string of the molecule is CNCC1CCN(c2cc(Cl)c(Cl)cc2[N+](=O)[O-])C1. The third-order valence-electron chi connectivity index (χ3n) is 3.33. The third kappa shape index (κ3) is 3.11. The summed E-state index contributed by atoms with van der Waals surface area (Å²) in [5.74, 6) is 0.499. The molecular weight excluding hydrogens is 289 g/mol. The Bertz CT molecular complexity index is 496. The number of nitro groups is 1. The van der Waals surface area contributed by atoms with E-state index in [0.29, 0.717) is 16.6 Å². The quantitative estimate of drug-likeness (QED) is 0.686. The third-order valence-corrected chi connectivity index (χ3v) is 4.06. The summed E-state index contributed by atoms with van der Waals surface area (Å²) in [6, 6.07) is 2.91. The molecule has 1 aliphatic heterocycles. The number of benzene rings is 1. The maximum absolute atomic E-state index is 11.1. The van der Waals surface area contributed by atoms with Gasteiger partial charge in [0.2, 0.25) is 0 Å². The minimum atomic E-state index is -0.414. The van der Waals surface area contributed by atoms with E-state index in [-0.39, 0.29) is 10.7 Å². The fourth-order valence-corrected chi connectivity index (χ4v) is 2.75. The van der Waals surface area contributed by atoms with Gasteiger partial charge < -0.3 is 10.2 Å². The number of hydrogen-bond donors (Lipinski definition) is 1. The van der Waals surface area contributed by atoms with Crippen LogP contribution in [-0.2, 0) is 0 Å². The first-order valence-corrected chi connectivity index (χ1v) is 6.81. The smallest absolute Gasteiger partial charge is 0.294 e. The van der Waals surface area contributed by atoms with Gasteiger partial charge in [-0.3, -0.25) is 10.1 Å². The number of anilines is 1. The molecule has 1 unspecified atom stereocenters. The van der Waals surface area contributed by atoms with Crippen LogP contribution >= 0.6 is 23.2 Å². The molecule has 1 saturated heterocycles. The van der Waals surface area contributed by atoms with E-state index in [2.05, 4.69) is 5.32 Å². The first-order valence-electron chi connectivity index (χ1n) is 6.06. The monoisotopic (exact) mass is 303 g/mol. The predicted octanol–water partition coefficient (Wildman–Crippen LogP) is 2.95. The molecule has 1 atom stereocenters. The van der Waals surface area contributed by atoms with Crippen molar-refractivity contribution in [3.63, 3.8) is 0 Å². The molecule has 1 fully saturated rings. The van der Waals surface area contributed by atoms with Crippen molar-refractivity contribution in [2.75, 3.05) is 31.6 Å².